The summed E-state index contributed by atoms with van der Waals surface area (Å²) in [4.78, 5) is 3.35. The second-order valence-electron chi connectivity index (χ2n) is 4.36. The molecule has 0 saturated heterocycles. The summed E-state index contributed by atoms with van der Waals surface area (Å²) >= 11 is 0. The number of aryl methyl sites for hydroxylation is 2. The summed E-state index contributed by atoms with van der Waals surface area (Å²) in [5, 5.41) is 5.04. The largest absolute Gasteiger partial charge is 0.487 e. The van der Waals surface area contributed by atoms with E-state index in [-0.39, 0.29) is 0 Å². The van der Waals surface area contributed by atoms with Crippen LogP contribution in [-0.4, -0.2) is 10.1 Å². The Balaban J connectivity index is 1.85. The van der Waals surface area contributed by atoms with Gasteiger partial charge in [0.1, 0.15) is 24.3 Å². The number of ether oxygens (including phenoxy) is 1. The zero-order chi connectivity index (χ0) is 12.5. The Bertz CT molecular complexity index is 668. The van der Waals surface area contributed by atoms with Crippen molar-refractivity contribution in [3.05, 3.63) is 47.5 Å². The predicted molar refractivity (Wildman–Crippen MR) is 68.6 cm³/mol. The van der Waals surface area contributed by atoms with Gasteiger partial charge in [0.25, 0.3) is 0 Å². The molecule has 0 spiro atoms. The minimum atomic E-state index is 0.417. The summed E-state index contributed by atoms with van der Waals surface area (Å²) < 4.78 is 10.4. The highest BCUT2D eigenvalue weighted by atomic mass is 16.5. The molecule has 0 aliphatic rings. The maximum absolute atomic E-state index is 5.67. The van der Waals surface area contributed by atoms with Crippen molar-refractivity contribution in [2.75, 3.05) is 0 Å². The smallest absolute Gasteiger partial charge is 0.134 e. The highest BCUT2D eigenvalue weighted by molar-refractivity contribution is 5.85. The fraction of sp³-hybridized carbons (Fsp3) is 0.214. The molecule has 2 aromatic heterocycles. The fourth-order valence-corrected chi connectivity index (χ4v) is 2.01. The minimum absolute atomic E-state index is 0.417. The van der Waals surface area contributed by atoms with Gasteiger partial charge in [0.15, 0.2) is 0 Å². The van der Waals surface area contributed by atoms with Crippen LogP contribution in [0.15, 0.2) is 35.1 Å². The van der Waals surface area contributed by atoms with Gasteiger partial charge < -0.3 is 14.2 Å². The summed E-state index contributed by atoms with van der Waals surface area (Å²) in [6.45, 7) is 4.61. The van der Waals surface area contributed by atoms with Crippen LogP contribution in [0.2, 0.25) is 0 Å². The highest BCUT2D eigenvalue weighted by Gasteiger charge is 2.05. The topological polar surface area (TPSA) is 51.0 Å². The van der Waals surface area contributed by atoms with Crippen LogP contribution < -0.4 is 4.74 Å². The molecule has 92 valence electrons. The van der Waals surface area contributed by atoms with Gasteiger partial charge in [0.05, 0.1) is 0 Å². The lowest BCUT2D eigenvalue weighted by molar-refractivity contribution is 0.289. The third-order valence-electron chi connectivity index (χ3n) is 3.16. The van der Waals surface area contributed by atoms with Crippen molar-refractivity contribution < 1.29 is 9.26 Å². The van der Waals surface area contributed by atoms with Crippen LogP contribution in [0.25, 0.3) is 10.9 Å². The van der Waals surface area contributed by atoms with Crippen molar-refractivity contribution in [3.63, 3.8) is 0 Å². The van der Waals surface area contributed by atoms with E-state index in [1.165, 1.54) is 16.6 Å². The third kappa shape index (κ3) is 1.86. The van der Waals surface area contributed by atoms with Crippen LogP contribution in [-0.2, 0) is 6.61 Å². The number of aromatic amines is 1. The highest BCUT2D eigenvalue weighted by Crippen LogP contribution is 2.25. The Kier molecular flexibility index (Phi) is 2.55. The summed E-state index contributed by atoms with van der Waals surface area (Å²) in [5.74, 6) is 0.826. The Morgan fingerprint density at radius 3 is 2.94 bits per heavy atom. The van der Waals surface area contributed by atoms with E-state index < -0.39 is 0 Å². The molecule has 1 aromatic carbocycles. The van der Waals surface area contributed by atoms with Crippen molar-refractivity contribution in [2.24, 2.45) is 0 Å². The SMILES string of the molecule is Cc1[nH]c2cc(OCc3ccon3)ccc2c1C. The predicted octanol–water partition coefficient (Wildman–Crippen LogP) is 3.35. The first-order chi connectivity index (χ1) is 8.74. The molecule has 0 unspecified atom stereocenters. The Morgan fingerprint density at radius 1 is 1.28 bits per heavy atom. The molecule has 0 atom stereocenters. The number of hydrogen-bond acceptors (Lipinski definition) is 3. The van der Waals surface area contributed by atoms with E-state index in [4.69, 9.17) is 9.26 Å². The molecule has 0 bridgehead atoms. The molecule has 0 aliphatic heterocycles. The van der Waals surface area contributed by atoms with Gasteiger partial charge in [-0.25, -0.2) is 0 Å². The summed E-state index contributed by atoms with van der Waals surface area (Å²) in [6, 6.07) is 7.85. The van der Waals surface area contributed by atoms with Gasteiger partial charge in [-0.2, -0.15) is 0 Å². The molecule has 3 aromatic rings. The number of H-pyrrole nitrogens is 1. The first-order valence-corrected chi connectivity index (χ1v) is 5.85. The van der Waals surface area contributed by atoms with Crippen LogP contribution in [0.5, 0.6) is 5.75 Å². The van der Waals surface area contributed by atoms with Crippen LogP contribution in [0, 0.1) is 13.8 Å². The second kappa shape index (κ2) is 4.22. The van der Waals surface area contributed by atoms with Gasteiger partial charge in [0.2, 0.25) is 0 Å². The number of benzene rings is 1. The lowest BCUT2D eigenvalue weighted by atomic mass is 10.1. The lowest BCUT2D eigenvalue weighted by Gasteiger charge is -2.03. The monoisotopic (exact) mass is 242 g/mol. The van der Waals surface area contributed by atoms with Crippen LogP contribution in [0.1, 0.15) is 17.0 Å². The Hall–Kier alpha value is -2.23. The van der Waals surface area contributed by atoms with E-state index in [1.54, 1.807) is 12.3 Å². The molecule has 0 aliphatic carbocycles. The quantitative estimate of drug-likeness (QED) is 0.766. The van der Waals surface area contributed by atoms with E-state index in [2.05, 4.69) is 30.1 Å². The number of aromatic nitrogens is 2. The van der Waals surface area contributed by atoms with Gasteiger partial charge >= 0.3 is 0 Å². The van der Waals surface area contributed by atoms with E-state index in [0.29, 0.717) is 6.61 Å². The van der Waals surface area contributed by atoms with Crippen molar-refractivity contribution in [1.29, 1.82) is 0 Å². The van der Waals surface area contributed by atoms with Gasteiger partial charge in [-0.15, -0.1) is 0 Å². The van der Waals surface area contributed by atoms with Gasteiger partial charge in [0, 0.05) is 28.7 Å². The normalized spacial score (nSPS) is 11.0. The number of nitrogens with one attached hydrogen (secondary N) is 1. The zero-order valence-electron chi connectivity index (χ0n) is 10.4. The molecule has 2 heterocycles. The van der Waals surface area contributed by atoms with E-state index >= 15 is 0 Å². The van der Waals surface area contributed by atoms with Crippen molar-refractivity contribution >= 4 is 10.9 Å². The van der Waals surface area contributed by atoms with E-state index in [0.717, 1.165) is 17.0 Å². The summed E-state index contributed by atoms with van der Waals surface area (Å²) in [5.41, 5.74) is 4.36. The first kappa shape index (κ1) is 10.9. The molecule has 0 radical (unpaired) electrons. The van der Waals surface area contributed by atoms with Crippen molar-refractivity contribution in [3.8, 4) is 5.75 Å². The van der Waals surface area contributed by atoms with E-state index in [9.17, 15) is 0 Å². The molecule has 0 amide bonds. The van der Waals surface area contributed by atoms with Crippen LogP contribution in [0.4, 0.5) is 0 Å². The Morgan fingerprint density at radius 2 is 2.17 bits per heavy atom. The number of nitrogens with zero attached hydrogens (tertiary/aromatic N) is 1. The number of fused-ring (bicyclic) bond motifs is 1. The standard InChI is InChI=1S/C14H14N2O2/c1-9-10(2)15-14-7-12(3-4-13(9)14)17-8-11-5-6-18-16-11/h3-7,15H,8H2,1-2H3. The summed E-state index contributed by atoms with van der Waals surface area (Å²) in [6.07, 6.45) is 1.54. The molecular weight excluding hydrogens is 228 g/mol. The van der Waals surface area contributed by atoms with E-state index in [1.807, 2.05) is 12.1 Å². The second-order valence-corrected chi connectivity index (χ2v) is 4.36. The Labute approximate surface area is 105 Å². The number of rotatable bonds is 3. The van der Waals surface area contributed by atoms with Crippen LogP contribution in [0.3, 0.4) is 0 Å². The third-order valence-corrected chi connectivity index (χ3v) is 3.16. The van der Waals surface area contributed by atoms with Crippen molar-refractivity contribution in [1.82, 2.24) is 10.1 Å². The molecule has 0 saturated carbocycles. The molecule has 1 N–H and O–H groups in total. The van der Waals surface area contributed by atoms with Gasteiger partial charge in [-0.1, -0.05) is 5.16 Å². The van der Waals surface area contributed by atoms with Crippen LogP contribution >= 0.6 is 0 Å². The molecular formula is C14H14N2O2. The van der Waals surface area contributed by atoms with Crippen molar-refractivity contribution in [2.45, 2.75) is 20.5 Å². The van der Waals surface area contributed by atoms with Gasteiger partial charge in [-0.05, 0) is 31.5 Å². The summed E-state index contributed by atoms with van der Waals surface area (Å²) in [7, 11) is 0. The maximum Gasteiger partial charge on any atom is 0.134 e. The first-order valence-electron chi connectivity index (χ1n) is 5.85. The molecule has 18 heavy (non-hydrogen) atoms. The number of hydrogen-bond donors (Lipinski definition) is 1. The average molecular weight is 242 g/mol. The average Bonchev–Trinajstić information content (AvgIpc) is 2.97. The fourth-order valence-electron chi connectivity index (χ4n) is 2.01. The minimum Gasteiger partial charge on any atom is -0.487 e. The van der Waals surface area contributed by atoms with Gasteiger partial charge in [-0.3, -0.25) is 0 Å². The lowest BCUT2D eigenvalue weighted by Crippen LogP contribution is -1.95. The zero-order valence-corrected chi connectivity index (χ0v) is 10.4. The molecule has 4 heteroatoms. The molecule has 4 nitrogen and oxygen atoms in total. The maximum atomic E-state index is 5.67. The molecule has 3 rings (SSSR count). The molecule has 0 fully saturated rings.